The lowest BCUT2D eigenvalue weighted by Crippen LogP contribution is -2.18. The second-order valence-electron chi connectivity index (χ2n) is 4.01. The molecule has 0 fully saturated rings. The van der Waals surface area contributed by atoms with Crippen LogP contribution in [0.3, 0.4) is 0 Å². The van der Waals surface area contributed by atoms with Gasteiger partial charge in [-0.1, -0.05) is 24.6 Å². The van der Waals surface area contributed by atoms with Crippen molar-refractivity contribution >= 4 is 11.6 Å². The molecular weight excluding hydrogens is 234 g/mol. The fourth-order valence-corrected chi connectivity index (χ4v) is 1.74. The highest BCUT2D eigenvalue weighted by Gasteiger charge is 1.92. The van der Waals surface area contributed by atoms with Crippen molar-refractivity contribution in [2.75, 3.05) is 25.6 Å². The van der Waals surface area contributed by atoms with Gasteiger partial charge in [-0.3, -0.25) is 0 Å². The molecule has 1 N–H and O–H groups in total. The average molecular weight is 256 g/mol. The van der Waals surface area contributed by atoms with Gasteiger partial charge in [0.25, 0.3) is 0 Å². The second-order valence-corrected chi connectivity index (χ2v) is 4.39. The van der Waals surface area contributed by atoms with Gasteiger partial charge in [-0.2, -0.15) is 0 Å². The van der Waals surface area contributed by atoms with Crippen LogP contribution in [0, 0.1) is 0 Å². The molecule has 1 aromatic carbocycles. The molecule has 0 radical (unpaired) electrons. The molecule has 1 aromatic rings. The normalized spacial score (nSPS) is 10.4. The van der Waals surface area contributed by atoms with Crippen LogP contribution >= 0.6 is 11.6 Å². The van der Waals surface area contributed by atoms with Crippen LogP contribution in [-0.4, -0.2) is 25.6 Å². The number of para-hydroxylation sites is 1. The van der Waals surface area contributed by atoms with Crippen molar-refractivity contribution in [2.24, 2.45) is 0 Å². The molecule has 0 aliphatic heterocycles. The number of hydrogen-bond donors (Lipinski definition) is 1. The molecule has 1 rings (SSSR count). The third-order valence-corrected chi connectivity index (χ3v) is 2.76. The van der Waals surface area contributed by atoms with E-state index in [1.807, 2.05) is 30.3 Å². The van der Waals surface area contributed by atoms with E-state index in [-0.39, 0.29) is 0 Å². The van der Waals surface area contributed by atoms with E-state index in [4.69, 9.17) is 16.3 Å². The Kier molecular flexibility index (Phi) is 8.79. The Morgan fingerprint density at radius 3 is 2.47 bits per heavy atom. The number of benzene rings is 1. The quantitative estimate of drug-likeness (QED) is 0.511. The van der Waals surface area contributed by atoms with Crippen LogP contribution in [0.4, 0.5) is 0 Å². The summed E-state index contributed by atoms with van der Waals surface area (Å²) >= 11 is 5.60. The first kappa shape index (κ1) is 14.3. The van der Waals surface area contributed by atoms with E-state index >= 15 is 0 Å². The Bertz CT molecular complexity index is 266. The largest absolute Gasteiger partial charge is 0.494 e. The predicted molar refractivity (Wildman–Crippen MR) is 74.0 cm³/mol. The van der Waals surface area contributed by atoms with Gasteiger partial charge in [0.05, 0.1) is 6.61 Å². The number of nitrogens with one attached hydrogen (secondary N) is 1. The van der Waals surface area contributed by atoms with Gasteiger partial charge in [0.1, 0.15) is 5.75 Å². The number of halogens is 1. The average Bonchev–Trinajstić information content (AvgIpc) is 2.38. The first-order chi connectivity index (χ1) is 8.43. The zero-order valence-electron chi connectivity index (χ0n) is 10.3. The van der Waals surface area contributed by atoms with E-state index in [1.165, 1.54) is 12.8 Å². The molecule has 96 valence electrons. The van der Waals surface area contributed by atoms with E-state index < -0.39 is 0 Å². The van der Waals surface area contributed by atoms with Crippen LogP contribution in [-0.2, 0) is 0 Å². The van der Waals surface area contributed by atoms with Crippen LogP contribution in [0.15, 0.2) is 30.3 Å². The summed E-state index contributed by atoms with van der Waals surface area (Å²) in [4.78, 5) is 0. The summed E-state index contributed by atoms with van der Waals surface area (Å²) in [7, 11) is 0. The second kappa shape index (κ2) is 10.4. The fourth-order valence-electron chi connectivity index (χ4n) is 1.55. The van der Waals surface area contributed by atoms with Crippen LogP contribution in [0.25, 0.3) is 0 Å². The number of unbranched alkanes of at least 4 members (excludes halogenated alkanes) is 2. The molecule has 0 saturated heterocycles. The van der Waals surface area contributed by atoms with Gasteiger partial charge in [0.2, 0.25) is 0 Å². The number of rotatable bonds is 10. The maximum Gasteiger partial charge on any atom is 0.119 e. The van der Waals surface area contributed by atoms with Crippen LogP contribution < -0.4 is 10.1 Å². The van der Waals surface area contributed by atoms with Gasteiger partial charge in [-0.25, -0.2) is 0 Å². The minimum absolute atomic E-state index is 0.776. The van der Waals surface area contributed by atoms with Crippen molar-refractivity contribution in [2.45, 2.75) is 25.7 Å². The zero-order valence-corrected chi connectivity index (χ0v) is 11.1. The summed E-state index contributed by atoms with van der Waals surface area (Å²) in [5, 5.41) is 3.41. The number of alkyl halides is 1. The Morgan fingerprint density at radius 1 is 0.941 bits per heavy atom. The van der Waals surface area contributed by atoms with Crippen LogP contribution in [0.2, 0.25) is 0 Å². The molecule has 0 spiro atoms. The zero-order chi connectivity index (χ0) is 12.2. The first-order valence-corrected chi connectivity index (χ1v) is 6.91. The molecule has 0 aliphatic rings. The van der Waals surface area contributed by atoms with Crippen molar-refractivity contribution < 1.29 is 4.74 Å². The molecule has 2 nitrogen and oxygen atoms in total. The maximum absolute atomic E-state index is 5.60. The lowest BCUT2D eigenvalue weighted by molar-refractivity contribution is 0.308. The predicted octanol–water partition coefficient (Wildman–Crippen LogP) is 3.45. The third kappa shape index (κ3) is 8.06. The van der Waals surface area contributed by atoms with Gasteiger partial charge in [0, 0.05) is 5.88 Å². The van der Waals surface area contributed by atoms with Crippen molar-refractivity contribution in [3.05, 3.63) is 30.3 Å². The molecule has 3 heteroatoms. The van der Waals surface area contributed by atoms with E-state index in [1.54, 1.807) is 0 Å². The first-order valence-electron chi connectivity index (χ1n) is 6.38. The standard InChI is InChI=1S/C14H22ClNO/c15-10-5-2-6-11-16-12-7-13-17-14-8-3-1-4-9-14/h1,3-4,8-9,16H,2,5-7,10-13H2. The van der Waals surface area contributed by atoms with Gasteiger partial charge in [0.15, 0.2) is 0 Å². The lowest BCUT2D eigenvalue weighted by Gasteiger charge is -2.06. The summed E-state index contributed by atoms with van der Waals surface area (Å²) in [6.45, 7) is 2.88. The van der Waals surface area contributed by atoms with Crippen molar-refractivity contribution in [1.82, 2.24) is 5.32 Å². The molecule has 0 atom stereocenters. The molecule has 17 heavy (non-hydrogen) atoms. The van der Waals surface area contributed by atoms with Crippen molar-refractivity contribution in [3.63, 3.8) is 0 Å². The minimum Gasteiger partial charge on any atom is -0.494 e. The molecule has 0 unspecified atom stereocenters. The van der Waals surface area contributed by atoms with Gasteiger partial charge in [-0.05, 0) is 44.5 Å². The van der Waals surface area contributed by atoms with Gasteiger partial charge < -0.3 is 10.1 Å². The summed E-state index contributed by atoms with van der Waals surface area (Å²) in [5.74, 6) is 1.74. The smallest absolute Gasteiger partial charge is 0.119 e. The molecule has 0 saturated carbocycles. The Labute approximate surface area is 109 Å². The molecule has 0 aromatic heterocycles. The summed E-state index contributed by atoms with van der Waals surface area (Å²) in [6.07, 6.45) is 4.61. The van der Waals surface area contributed by atoms with Crippen LogP contribution in [0.5, 0.6) is 5.75 Å². The van der Waals surface area contributed by atoms with Gasteiger partial charge >= 0.3 is 0 Å². The topological polar surface area (TPSA) is 21.3 Å². The Balaban J connectivity index is 1.85. The fraction of sp³-hybridized carbons (Fsp3) is 0.571. The Morgan fingerprint density at radius 2 is 1.71 bits per heavy atom. The van der Waals surface area contributed by atoms with E-state index in [0.29, 0.717) is 0 Å². The molecule has 0 amide bonds. The highest BCUT2D eigenvalue weighted by molar-refractivity contribution is 6.17. The molecule has 0 aliphatic carbocycles. The molecule has 0 bridgehead atoms. The molecule has 0 heterocycles. The van der Waals surface area contributed by atoms with E-state index in [0.717, 1.165) is 44.2 Å². The number of ether oxygens (including phenoxy) is 1. The van der Waals surface area contributed by atoms with E-state index in [9.17, 15) is 0 Å². The van der Waals surface area contributed by atoms with Crippen molar-refractivity contribution in [1.29, 1.82) is 0 Å². The minimum atomic E-state index is 0.776. The maximum atomic E-state index is 5.60. The molecular formula is C14H22ClNO. The summed E-state index contributed by atoms with van der Waals surface area (Å²) in [5.41, 5.74) is 0. The van der Waals surface area contributed by atoms with Crippen LogP contribution in [0.1, 0.15) is 25.7 Å². The third-order valence-electron chi connectivity index (χ3n) is 2.50. The van der Waals surface area contributed by atoms with Crippen molar-refractivity contribution in [3.8, 4) is 5.75 Å². The number of hydrogen-bond acceptors (Lipinski definition) is 2. The van der Waals surface area contributed by atoms with E-state index in [2.05, 4.69) is 5.32 Å². The highest BCUT2D eigenvalue weighted by Crippen LogP contribution is 2.07. The monoisotopic (exact) mass is 255 g/mol. The van der Waals surface area contributed by atoms with Gasteiger partial charge in [-0.15, -0.1) is 11.6 Å². The SMILES string of the molecule is ClCCCCCNCCCOc1ccccc1. The summed E-state index contributed by atoms with van der Waals surface area (Å²) in [6, 6.07) is 9.95. The lowest BCUT2D eigenvalue weighted by atomic mass is 10.2. The summed E-state index contributed by atoms with van der Waals surface area (Å²) < 4.78 is 5.59. The highest BCUT2D eigenvalue weighted by atomic mass is 35.5. The Hall–Kier alpha value is -0.730.